The van der Waals surface area contributed by atoms with Crippen molar-refractivity contribution in [3.63, 3.8) is 0 Å². The van der Waals surface area contributed by atoms with Gasteiger partial charge < -0.3 is 21.1 Å². The first-order valence-corrected chi connectivity index (χ1v) is 10.0. The fourth-order valence-electron chi connectivity index (χ4n) is 3.04. The summed E-state index contributed by atoms with van der Waals surface area (Å²) in [5.74, 6) is -0.691. The van der Waals surface area contributed by atoms with Crippen LogP contribution in [0, 0.1) is 0 Å². The number of unbranched alkanes of at least 4 members (excludes halogenated alkanes) is 2. The SMILES string of the molecule is CCCCCNC(=O)c1ccc2c(=O)c(O)c(-c3cc(Cl)c(N)c(Cl)c3)[nH]c2c1. The van der Waals surface area contributed by atoms with E-state index in [4.69, 9.17) is 28.9 Å². The Balaban J connectivity index is 2.04. The standard InChI is InChI=1S/C21H21Cl2N3O3/c1-2-3-4-7-25-21(29)11-5-6-13-16(10-11)26-18(20(28)19(13)27)12-8-14(22)17(24)15(23)9-12/h5-6,8-10,28H,2-4,7,24H2,1H3,(H,25,29)(H,26,27). The Morgan fingerprint density at radius 1 is 1.17 bits per heavy atom. The number of rotatable bonds is 6. The van der Waals surface area contributed by atoms with E-state index < -0.39 is 11.2 Å². The summed E-state index contributed by atoms with van der Waals surface area (Å²) in [5, 5.41) is 13.9. The number of halogens is 2. The molecule has 0 aliphatic rings. The largest absolute Gasteiger partial charge is 0.503 e. The first-order valence-electron chi connectivity index (χ1n) is 9.25. The third-order valence-electron chi connectivity index (χ3n) is 4.67. The lowest BCUT2D eigenvalue weighted by atomic mass is 10.1. The Bertz CT molecular complexity index is 1120. The highest BCUT2D eigenvalue weighted by Gasteiger charge is 2.16. The molecule has 1 amide bonds. The highest BCUT2D eigenvalue weighted by Crippen LogP contribution is 2.35. The fourth-order valence-corrected chi connectivity index (χ4v) is 3.53. The van der Waals surface area contributed by atoms with Gasteiger partial charge in [0.05, 0.1) is 26.9 Å². The Morgan fingerprint density at radius 3 is 2.52 bits per heavy atom. The molecule has 0 aliphatic carbocycles. The molecule has 29 heavy (non-hydrogen) atoms. The number of nitrogens with one attached hydrogen (secondary N) is 2. The lowest BCUT2D eigenvalue weighted by molar-refractivity contribution is 0.0953. The number of fused-ring (bicyclic) bond motifs is 1. The van der Waals surface area contributed by atoms with Gasteiger partial charge >= 0.3 is 0 Å². The number of aromatic amines is 1. The van der Waals surface area contributed by atoms with Crippen LogP contribution in [0.25, 0.3) is 22.2 Å². The van der Waals surface area contributed by atoms with Crippen LogP contribution in [-0.2, 0) is 0 Å². The number of nitrogen functional groups attached to an aromatic ring is 1. The van der Waals surface area contributed by atoms with E-state index >= 15 is 0 Å². The summed E-state index contributed by atoms with van der Waals surface area (Å²) in [7, 11) is 0. The molecular formula is C21H21Cl2N3O3. The molecule has 3 rings (SSSR count). The number of nitrogens with two attached hydrogens (primary N) is 1. The molecule has 0 saturated heterocycles. The van der Waals surface area contributed by atoms with E-state index in [0.717, 1.165) is 19.3 Å². The quantitative estimate of drug-likeness (QED) is 0.333. The average Bonchev–Trinajstić information content (AvgIpc) is 2.71. The van der Waals surface area contributed by atoms with Crippen molar-refractivity contribution in [3.05, 3.63) is 56.2 Å². The van der Waals surface area contributed by atoms with Gasteiger partial charge in [-0.2, -0.15) is 0 Å². The van der Waals surface area contributed by atoms with Gasteiger partial charge in [-0.25, -0.2) is 0 Å². The van der Waals surface area contributed by atoms with Crippen molar-refractivity contribution in [1.29, 1.82) is 0 Å². The van der Waals surface area contributed by atoms with Crippen molar-refractivity contribution in [1.82, 2.24) is 10.3 Å². The number of benzene rings is 2. The molecule has 0 aliphatic heterocycles. The molecule has 2 aromatic carbocycles. The summed E-state index contributed by atoms with van der Waals surface area (Å²) in [6.07, 6.45) is 3.02. The molecule has 1 aromatic heterocycles. The van der Waals surface area contributed by atoms with E-state index in [1.807, 2.05) is 0 Å². The number of anilines is 1. The van der Waals surface area contributed by atoms with Crippen LogP contribution in [0.4, 0.5) is 5.69 Å². The zero-order valence-corrected chi connectivity index (χ0v) is 17.3. The van der Waals surface area contributed by atoms with Gasteiger partial charge in [0.1, 0.15) is 0 Å². The zero-order chi connectivity index (χ0) is 21.1. The minimum atomic E-state index is -0.562. The van der Waals surface area contributed by atoms with E-state index in [-0.39, 0.29) is 32.7 Å². The van der Waals surface area contributed by atoms with Crippen LogP contribution in [0.15, 0.2) is 35.1 Å². The molecule has 0 radical (unpaired) electrons. The van der Waals surface area contributed by atoms with Crippen molar-refractivity contribution in [2.24, 2.45) is 0 Å². The molecule has 0 saturated carbocycles. The van der Waals surface area contributed by atoms with Crippen molar-refractivity contribution in [2.75, 3.05) is 12.3 Å². The van der Waals surface area contributed by atoms with E-state index in [1.165, 1.54) is 18.2 Å². The summed E-state index contributed by atoms with van der Waals surface area (Å²) in [6, 6.07) is 7.66. The van der Waals surface area contributed by atoms with Gasteiger partial charge in [0.2, 0.25) is 5.43 Å². The molecule has 6 nitrogen and oxygen atoms in total. The molecule has 3 aromatic rings. The zero-order valence-electron chi connectivity index (χ0n) is 15.8. The van der Waals surface area contributed by atoms with Gasteiger partial charge in [0.15, 0.2) is 5.75 Å². The van der Waals surface area contributed by atoms with Crippen molar-refractivity contribution < 1.29 is 9.90 Å². The van der Waals surface area contributed by atoms with Crippen molar-refractivity contribution in [2.45, 2.75) is 26.2 Å². The molecular weight excluding hydrogens is 413 g/mol. The van der Waals surface area contributed by atoms with E-state index in [2.05, 4.69) is 17.2 Å². The Kier molecular flexibility index (Phi) is 6.35. The van der Waals surface area contributed by atoms with Gasteiger partial charge in [-0.1, -0.05) is 43.0 Å². The topological polar surface area (TPSA) is 108 Å². The number of hydrogen-bond donors (Lipinski definition) is 4. The van der Waals surface area contributed by atoms with E-state index in [9.17, 15) is 14.7 Å². The van der Waals surface area contributed by atoms with E-state index in [1.54, 1.807) is 12.1 Å². The third kappa shape index (κ3) is 4.33. The van der Waals surface area contributed by atoms with E-state index in [0.29, 0.717) is 23.2 Å². The molecule has 5 N–H and O–H groups in total. The lowest BCUT2D eigenvalue weighted by Gasteiger charge is -2.11. The molecule has 0 unspecified atom stereocenters. The molecule has 0 fully saturated rings. The third-order valence-corrected chi connectivity index (χ3v) is 5.30. The fraction of sp³-hybridized carbons (Fsp3) is 0.238. The molecule has 0 atom stereocenters. The second-order valence-corrected chi connectivity index (χ2v) is 7.57. The Morgan fingerprint density at radius 2 is 1.86 bits per heavy atom. The molecule has 0 spiro atoms. The number of carbonyl (C=O) groups is 1. The number of pyridine rings is 1. The maximum Gasteiger partial charge on any atom is 0.251 e. The molecule has 152 valence electrons. The monoisotopic (exact) mass is 433 g/mol. The first-order chi connectivity index (χ1) is 13.8. The van der Waals surface area contributed by atoms with Crippen LogP contribution in [0.5, 0.6) is 5.75 Å². The van der Waals surface area contributed by atoms with Gasteiger partial charge in [-0.3, -0.25) is 9.59 Å². The minimum absolute atomic E-state index is 0.145. The molecule has 8 heteroatoms. The van der Waals surface area contributed by atoms with Gasteiger partial charge in [0, 0.05) is 23.1 Å². The summed E-state index contributed by atoms with van der Waals surface area (Å²) >= 11 is 12.2. The Hall–Kier alpha value is -2.70. The normalized spacial score (nSPS) is 11.0. The number of aromatic hydroxyl groups is 1. The van der Waals surface area contributed by atoms with Crippen LogP contribution >= 0.6 is 23.2 Å². The van der Waals surface area contributed by atoms with Crippen LogP contribution in [-0.4, -0.2) is 22.5 Å². The predicted octanol–water partition coefficient (Wildman–Crippen LogP) is 4.71. The van der Waals surface area contributed by atoms with Gasteiger partial charge in [-0.15, -0.1) is 0 Å². The van der Waals surface area contributed by atoms with Crippen LogP contribution in [0.1, 0.15) is 36.5 Å². The number of hydrogen-bond acceptors (Lipinski definition) is 4. The highest BCUT2D eigenvalue weighted by molar-refractivity contribution is 6.39. The van der Waals surface area contributed by atoms with Crippen molar-refractivity contribution >= 4 is 45.7 Å². The van der Waals surface area contributed by atoms with Crippen LogP contribution in [0.3, 0.4) is 0 Å². The average molecular weight is 434 g/mol. The first kappa shape index (κ1) is 21.0. The number of H-pyrrole nitrogens is 1. The molecule has 0 bridgehead atoms. The summed E-state index contributed by atoms with van der Waals surface area (Å²) < 4.78 is 0. The summed E-state index contributed by atoms with van der Waals surface area (Å²) in [4.78, 5) is 28.0. The van der Waals surface area contributed by atoms with Gasteiger partial charge in [0.25, 0.3) is 5.91 Å². The van der Waals surface area contributed by atoms with Crippen molar-refractivity contribution in [3.8, 4) is 17.0 Å². The lowest BCUT2D eigenvalue weighted by Crippen LogP contribution is -2.24. The number of aromatic nitrogens is 1. The molecule has 1 heterocycles. The highest BCUT2D eigenvalue weighted by atomic mass is 35.5. The second kappa shape index (κ2) is 8.76. The Labute approximate surface area is 177 Å². The van der Waals surface area contributed by atoms with Crippen LogP contribution in [0.2, 0.25) is 10.0 Å². The van der Waals surface area contributed by atoms with Gasteiger partial charge in [-0.05, 0) is 36.8 Å². The second-order valence-electron chi connectivity index (χ2n) is 6.75. The maximum absolute atomic E-state index is 12.6. The summed E-state index contributed by atoms with van der Waals surface area (Å²) in [5.41, 5.74) is 6.77. The smallest absolute Gasteiger partial charge is 0.251 e. The minimum Gasteiger partial charge on any atom is -0.503 e. The van der Waals surface area contributed by atoms with Crippen LogP contribution < -0.4 is 16.5 Å². The number of carbonyl (C=O) groups excluding carboxylic acids is 1. The predicted molar refractivity (Wildman–Crippen MR) is 118 cm³/mol. The number of amides is 1. The maximum atomic E-state index is 12.6. The summed E-state index contributed by atoms with van der Waals surface area (Å²) in [6.45, 7) is 2.68.